The number of nitrogens with one attached hydrogen (secondary N) is 1. The van der Waals surface area contributed by atoms with Crippen molar-refractivity contribution in [3.8, 4) is 5.69 Å². The molecular formula is C27H26BrN7O2S. The van der Waals surface area contributed by atoms with Crippen molar-refractivity contribution in [1.82, 2.24) is 25.1 Å². The molecule has 3 aromatic carbocycles. The van der Waals surface area contributed by atoms with Gasteiger partial charge in [-0.3, -0.25) is 9.59 Å². The first kappa shape index (κ1) is 25.9. The summed E-state index contributed by atoms with van der Waals surface area (Å²) < 4.78 is 2.58. The highest BCUT2D eigenvalue weighted by Crippen LogP contribution is 2.22. The molecule has 0 radical (unpaired) electrons. The number of benzene rings is 3. The highest BCUT2D eigenvalue weighted by atomic mass is 79.9. The molecule has 0 spiro atoms. The van der Waals surface area contributed by atoms with Crippen LogP contribution in [0.25, 0.3) is 5.69 Å². The Morgan fingerprint density at radius 1 is 0.895 bits per heavy atom. The standard InChI is InChI=1S/C27H26BrN7O2S/c1-19-2-10-24(11-3-19)35-27(30-31-32-35)38-18-25(36)29-22-8-12-23(13-9-22)33-14-16-34(17-15-33)26(37)20-4-6-21(28)7-5-20/h2-13H,14-18H2,1H3,(H,29,36). The molecule has 4 aromatic rings. The molecule has 0 atom stereocenters. The molecule has 1 fully saturated rings. The number of halogens is 1. The fraction of sp³-hybridized carbons (Fsp3) is 0.222. The molecule has 1 saturated heterocycles. The largest absolute Gasteiger partial charge is 0.368 e. The van der Waals surface area contributed by atoms with Crippen LogP contribution >= 0.6 is 27.7 Å². The summed E-state index contributed by atoms with van der Waals surface area (Å²) in [5.74, 6) is 0.102. The second-order valence-electron chi connectivity index (χ2n) is 8.88. The van der Waals surface area contributed by atoms with Crippen LogP contribution in [-0.2, 0) is 4.79 Å². The summed E-state index contributed by atoms with van der Waals surface area (Å²) in [6.07, 6.45) is 0. The average Bonchev–Trinajstić information content (AvgIpc) is 3.42. The number of rotatable bonds is 7. The third-order valence-corrected chi connectivity index (χ3v) is 7.67. The Balaban J connectivity index is 1.11. The van der Waals surface area contributed by atoms with Crippen molar-refractivity contribution in [3.05, 3.63) is 88.4 Å². The van der Waals surface area contributed by atoms with Gasteiger partial charge in [-0.2, -0.15) is 4.68 Å². The minimum atomic E-state index is -0.138. The lowest BCUT2D eigenvalue weighted by molar-refractivity contribution is -0.113. The summed E-state index contributed by atoms with van der Waals surface area (Å²) in [6, 6.07) is 23.1. The van der Waals surface area contributed by atoms with Crippen LogP contribution in [0.3, 0.4) is 0 Å². The van der Waals surface area contributed by atoms with Crippen molar-refractivity contribution in [2.45, 2.75) is 12.1 Å². The van der Waals surface area contributed by atoms with Crippen LogP contribution in [0, 0.1) is 6.92 Å². The Morgan fingerprint density at radius 2 is 1.55 bits per heavy atom. The van der Waals surface area contributed by atoms with Gasteiger partial charge in [0.15, 0.2) is 0 Å². The van der Waals surface area contributed by atoms with Crippen LogP contribution in [0.2, 0.25) is 0 Å². The molecule has 194 valence electrons. The van der Waals surface area contributed by atoms with E-state index < -0.39 is 0 Å². The number of hydrogen-bond acceptors (Lipinski definition) is 7. The van der Waals surface area contributed by atoms with Gasteiger partial charge in [0.05, 0.1) is 11.4 Å². The number of amides is 2. The number of carbonyl (C=O) groups is 2. The Kier molecular flexibility index (Phi) is 8.04. The van der Waals surface area contributed by atoms with Crippen LogP contribution in [0.4, 0.5) is 11.4 Å². The van der Waals surface area contributed by atoms with Gasteiger partial charge in [0.2, 0.25) is 11.1 Å². The zero-order valence-electron chi connectivity index (χ0n) is 20.7. The predicted octanol–water partition coefficient (Wildman–Crippen LogP) is 4.43. The first-order valence-electron chi connectivity index (χ1n) is 12.1. The highest BCUT2D eigenvalue weighted by molar-refractivity contribution is 9.10. The van der Waals surface area contributed by atoms with Gasteiger partial charge < -0.3 is 15.1 Å². The monoisotopic (exact) mass is 591 g/mol. The first-order valence-corrected chi connectivity index (χ1v) is 13.9. The molecule has 38 heavy (non-hydrogen) atoms. The smallest absolute Gasteiger partial charge is 0.253 e. The third-order valence-electron chi connectivity index (χ3n) is 6.23. The fourth-order valence-electron chi connectivity index (χ4n) is 4.14. The highest BCUT2D eigenvalue weighted by Gasteiger charge is 2.22. The van der Waals surface area contributed by atoms with Crippen molar-refractivity contribution in [3.63, 3.8) is 0 Å². The molecule has 1 N–H and O–H groups in total. The van der Waals surface area contributed by atoms with Crippen molar-refractivity contribution >= 4 is 50.9 Å². The molecule has 0 aliphatic carbocycles. The van der Waals surface area contributed by atoms with Gasteiger partial charge in [-0.1, -0.05) is 45.4 Å². The number of thioether (sulfide) groups is 1. The van der Waals surface area contributed by atoms with E-state index in [2.05, 4.69) is 41.7 Å². The maximum absolute atomic E-state index is 12.8. The second-order valence-corrected chi connectivity index (χ2v) is 10.7. The fourth-order valence-corrected chi connectivity index (χ4v) is 5.10. The van der Waals surface area contributed by atoms with Gasteiger partial charge in [-0.25, -0.2) is 0 Å². The van der Waals surface area contributed by atoms with Crippen molar-refractivity contribution in [2.24, 2.45) is 0 Å². The first-order chi connectivity index (χ1) is 18.5. The van der Waals surface area contributed by atoms with Crippen LogP contribution < -0.4 is 10.2 Å². The molecule has 11 heteroatoms. The second kappa shape index (κ2) is 11.8. The Labute approximate surface area is 233 Å². The van der Waals surface area contributed by atoms with Gasteiger partial charge in [0.25, 0.3) is 5.91 Å². The summed E-state index contributed by atoms with van der Waals surface area (Å²) in [7, 11) is 0. The Bertz CT molecular complexity index is 1400. The lowest BCUT2D eigenvalue weighted by atomic mass is 10.1. The van der Waals surface area contributed by atoms with E-state index in [4.69, 9.17) is 0 Å². The molecule has 9 nitrogen and oxygen atoms in total. The van der Waals surface area contributed by atoms with E-state index in [1.54, 1.807) is 4.68 Å². The van der Waals surface area contributed by atoms with Gasteiger partial charge in [-0.05, 0) is 78.0 Å². The minimum absolute atomic E-state index is 0.0565. The molecule has 0 unspecified atom stereocenters. The topological polar surface area (TPSA) is 96.2 Å². The van der Waals surface area contributed by atoms with E-state index in [-0.39, 0.29) is 17.6 Å². The molecular weight excluding hydrogens is 566 g/mol. The van der Waals surface area contributed by atoms with Crippen molar-refractivity contribution in [2.75, 3.05) is 42.1 Å². The molecule has 0 saturated carbocycles. The maximum Gasteiger partial charge on any atom is 0.253 e. The van der Waals surface area contributed by atoms with Crippen LogP contribution in [0.15, 0.2) is 82.4 Å². The summed E-state index contributed by atoms with van der Waals surface area (Å²) in [4.78, 5) is 29.5. The number of tetrazole rings is 1. The summed E-state index contributed by atoms with van der Waals surface area (Å²) in [6.45, 7) is 4.84. The van der Waals surface area contributed by atoms with Crippen molar-refractivity contribution < 1.29 is 9.59 Å². The van der Waals surface area contributed by atoms with E-state index in [1.165, 1.54) is 11.8 Å². The molecule has 1 aliphatic rings. The van der Waals surface area contributed by atoms with Crippen LogP contribution in [0.1, 0.15) is 15.9 Å². The third kappa shape index (κ3) is 6.22. The van der Waals surface area contributed by atoms with E-state index in [9.17, 15) is 9.59 Å². The molecule has 1 aliphatic heterocycles. The van der Waals surface area contributed by atoms with Gasteiger partial charge in [0.1, 0.15) is 0 Å². The molecule has 5 rings (SSSR count). The quantitative estimate of drug-likeness (QED) is 0.318. The number of anilines is 2. The Hall–Kier alpha value is -3.70. The zero-order chi connectivity index (χ0) is 26.5. The number of carbonyl (C=O) groups excluding carboxylic acids is 2. The number of nitrogens with zero attached hydrogens (tertiary/aromatic N) is 6. The minimum Gasteiger partial charge on any atom is -0.368 e. The van der Waals surface area contributed by atoms with Crippen LogP contribution in [-0.4, -0.2) is 68.9 Å². The summed E-state index contributed by atoms with van der Waals surface area (Å²) >= 11 is 4.69. The number of piperazine rings is 1. The molecule has 2 amide bonds. The average molecular weight is 593 g/mol. The predicted molar refractivity (Wildman–Crippen MR) is 152 cm³/mol. The van der Waals surface area contributed by atoms with Gasteiger partial charge >= 0.3 is 0 Å². The lowest BCUT2D eigenvalue weighted by Crippen LogP contribution is -2.48. The maximum atomic E-state index is 12.8. The SMILES string of the molecule is Cc1ccc(-n2nnnc2SCC(=O)Nc2ccc(N3CCN(C(=O)c4ccc(Br)cc4)CC3)cc2)cc1. The van der Waals surface area contributed by atoms with E-state index in [1.807, 2.05) is 84.6 Å². The van der Waals surface area contributed by atoms with E-state index in [0.717, 1.165) is 40.2 Å². The van der Waals surface area contributed by atoms with Gasteiger partial charge in [-0.15, -0.1) is 5.10 Å². The van der Waals surface area contributed by atoms with Crippen LogP contribution in [0.5, 0.6) is 0 Å². The molecule has 2 heterocycles. The lowest BCUT2D eigenvalue weighted by Gasteiger charge is -2.36. The van der Waals surface area contributed by atoms with Crippen molar-refractivity contribution in [1.29, 1.82) is 0 Å². The van der Waals surface area contributed by atoms with E-state index >= 15 is 0 Å². The Morgan fingerprint density at radius 3 is 2.24 bits per heavy atom. The molecule has 0 bridgehead atoms. The van der Waals surface area contributed by atoms with E-state index in [0.29, 0.717) is 23.8 Å². The number of aryl methyl sites for hydroxylation is 1. The normalized spacial score (nSPS) is 13.4. The molecule has 1 aromatic heterocycles. The van der Waals surface area contributed by atoms with Gasteiger partial charge in [0, 0.05) is 47.6 Å². The summed E-state index contributed by atoms with van der Waals surface area (Å²) in [5, 5.41) is 15.3. The number of hydrogen-bond donors (Lipinski definition) is 1. The number of aromatic nitrogens is 4. The summed E-state index contributed by atoms with van der Waals surface area (Å²) in [5.41, 5.74) is 4.48. The zero-order valence-corrected chi connectivity index (χ0v) is 23.2.